The molecule has 0 nitrogen and oxygen atoms in total. The maximum Gasteiger partial charge on any atom is 0.0503 e. The zero-order valence-electron chi connectivity index (χ0n) is 7.78. The Bertz CT molecular complexity index is 62.3. The largest absolute Gasteiger partial charge is 0.0680 e. The van der Waals surface area contributed by atoms with Crippen LogP contribution in [0.2, 0.25) is 17.6 Å². The first-order valence-electron chi connectivity index (χ1n) is 4.10. The second kappa shape index (κ2) is 8.51. The molecule has 2 radical (unpaired) electrons. The smallest absolute Gasteiger partial charge is 0.0503 e. The van der Waals surface area contributed by atoms with Crippen LogP contribution in [0.3, 0.4) is 0 Å². The Morgan fingerprint density at radius 1 is 1.10 bits per heavy atom. The van der Waals surface area contributed by atoms with Gasteiger partial charge in [0.2, 0.25) is 0 Å². The molecule has 0 aromatic heterocycles. The maximum absolute atomic E-state index is 2.40. The Hall–Kier alpha value is 1.41. The Kier molecular flexibility index (Phi) is 11.9. The molecule has 0 saturated heterocycles. The van der Waals surface area contributed by atoms with E-state index in [1.807, 2.05) is 0 Å². The van der Waals surface area contributed by atoms with Crippen LogP contribution in [0.1, 0.15) is 34.1 Å². The summed E-state index contributed by atoms with van der Waals surface area (Å²) in [5.74, 6) is 0. The molecule has 0 aliphatic rings. The molecule has 2 heteroatoms. The van der Waals surface area contributed by atoms with Crippen LogP contribution in [-0.4, -0.2) is 8.80 Å². The van der Waals surface area contributed by atoms with Crippen molar-refractivity contribution in [3.05, 3.63) is 0 Å². The molecular weight excluding hydrogens is 263 g/mol. The summed E-state index contributed by atoms with van der Waals surface area (Å²) in [5, 5.41) is 0. The van der Waals surface area contributed by atoms with Gasteiger partial charge in [-0.25, -0.2) is 0 Å². The van der Waals surface area contributed by atoms with E-state index in [1.165, 1.54) is 18.5 Å². The molecule has 0 amide bonds. The fourth-order valence-electron chi connectivity index (χ4n) is 1.24. The summed E-state index contributed by atoms with van der Waals surface area (Å²) in [6, 6.07) is 2.91. The predicted molar refractivity (Wildman–Crippen MR) is 46.4 cm³/mol. The van der Waals surface area contributed by atoms with Crippen molar-refractivity contribution in [2.45, 2.75) is 51.7 Å². The van der Waals surface area contributed by atoms with E-state index in [0.717, 1.165) is 5.54 Å². The Balaban J connectivity index is 0. The minimum Gasteiger partial charge on any atom is -0.0680 e. The van der Waals surface area contributed by atoms with Gasteiger partial charge in [-0.1, -0.05) is 51.7 Å². The van der Waals surface area contributed by atoms with E-state index in [1.54, 1.807) is 0 Å². The van der Waals surface area contributed by atoms with Gasteiger partial charge in [-0.15, -0.1) is 0 Å². The summed E-state index contributed by atoms with van der Waals surface area (Å²) in [5.41, 5.74) is 1.03. The monoisotopic (exact) mass is 282 g/mol. The molecule has 0 spiro atoms. The van der Waals surface area contributed by atoms with Gasteiger partial charge in [0.15, 0.2) is 0 Å². The number of hydrogen-bond donors (Lipinski definition) is 0. The van der Waals surface area contributed by atoms with Crippen LogP contribution in [0, 0.1) is 35.6 Å². The minimum absolute atomic E-state index is 0. The zero-order chi connectivity index (χ0) is 7.28. The van der Waals surface area contributed by atoms with Gasteiger partial charge in [0.05, 0.1) is 8.80 Å². The van der Waals surface area contributed by atoms with Crippen molar-refractivity contribution >= 4 is 8.80 Å². The average molecular weight is 282 g/mol. The van der Waals surface area contributed by atoms with E-state index in [0.29, 0.717) is 0 Å². The van der Waals surface area contributed by atoms with Crippen molar-refractivity contribution in [1.82, 2.24) is 0 Å². The van der Waals surface area contributed by atoms with E-state index in [9.17, 15) is 0 Å². The van der Waals surface area contributed by atoms with Crippen LogP contribution in [0.4, 0.5) is 0 Å². The van der Waals surface area contributed by atoms with Crippen LogP contribution in [0.5, 0.6) is 0 Å². The molecule has 0 aromatic carbocycles. The van der Waals surface area contributed by atoms with E-state index < -0.39 is 0 Å². The van der Waals surface area contributed by atoms with Crippen molar-refractivity contribution in [2.75, 3.05) is 0 Å². The molecule has 10 heavy (non-hydrogen) atoms. The number of rotatable bonds is 4. The third-order valence-electron chi connectivity index (χ3n) is 2.22. The molecule has 1 unspecified atom stereocenters. The van der Waals surface area contributed by atoms with Crippen molar-refractivity contribution in [3.8, 4) is 0 Å². The van der Waals surface area contributed by atoms with Gasteiger partial charge in [0, 0.05) is 35.6 Å². The Morgan fingerprint density at radius 3 is 1.60 bits per heavy atom. The summed E-state index contributed by atoms with van der Waals surface area (Å²) in [4.78, 5) is 0. The van der Waals surface area contributed by atoms with Crippen molar-refractivity contribution in [2.24, 2.45) is 0 Å². The van der Waals surface area contributed by atoms with Gasteiger partial charge < -0.3 is 0 Å². The van der Waals surface area contributed by atoms with Crippen LogP contribution >= 0.6 is 0 Å². The van der Waals surface area contributed by atoms with Gasteiger partial charge in [0.25, 0.3) is 0 Å². The first-order chi connectivity index (χ1) is 4.26. The molecule has 0 fully saturated rings. The molecule has 0 rings (SSSR count). The molecule has 1 atom stereocenters. The molecule has 0 heterocycles. The maximum atomic E-state index is 2.40. The van der Waals surface area contributed by atoms with Crippen LogP contribution in [-0.2, 0) is 0 Å². The molecule has 0 aliphatic carbocycles. The normalized spacial score (nSPS) is 12.9. The van der Waals surface area contributed by atoms with E-state index in [-0.39, 0.29) is 44.4 Å². The van der Waals surface area contributed by atoms with E-state index in [2.05, 4.69) is 27.7 Å². The predicted octanol–water partition coefficient (Wildman–Crippen LogP) is 3.32. The molecule has 58 valence electrons. The molecule has 0 aromatic rings. The average Bonchev–Trinajstić information content (AvgIpc) is 1.90. The molecular formula is C8H19LaSi. The van der Waals surface area contributed by atoms with E-state index in [4.69, 9.17) is 0 Å². The first-order valence-corrected chi connectivity index (χ1v) is 6.09. The minimum atomic E-state index is 0. The standard InChI is InChI=1S/C8H19Si.La/c1-5-8(4)9(6-2)7-3;/h8H,5-7H2,1-4H3;. The van der Waals surface area contributed by atoms with Crippen LogP contribution in [0.25, 0.3) is 0 Å². The van der Waals surface area contributed by atoms with Crippen molar-refractivity contribution in [1.29, 1.82) is 0 Å². The van der Waals surface area contributed by atoms with Gasteiger partial charge >= 0.3 is 0 Å². The molecule has 0 N–H and O–H groups in total. The van der Waals surface area contributed by atoms with Crippen LogP contribution in [0.15, 0.2) is 0 Å². The summed E-state index contributed by atoms with van der Waals surface area (Å²) >= 11 is 0. The topological polar surface area (TPSA) is 0 Å². The third-order valence-corrected chi connectivity index (χ3v) is 5.84. The molecule has 0 saturated carbocycles. The Morgan fingerprint density at radius 2 is 1.50 bits per heavy atom. The van der Waals surface area contributed by atoms with E-state index >= 15 is 0 Å². The van der Waals surface area contributed by atoms with Gasteiger partial charge in [0.1, 0.15) is 0 Å². The van der Waals surface area contributed by atoms with Crippen molar-refractivity contribution < 1.29 is 35.6 Å². The third kappa shape index (κ3) is 5.11. The van der Waals surface area contributed by atoms with Crippen LogP contribution < -0.4 is 0 Å². The van der Waals surface area contributed by atoms with Gasteiger partial charge in [-0.2, -0.15) is 0 Å². The second-order valence-corrected chi connectivity index (χ2v) is 6.39. The summed E-state index contributed by atoms with van der Waals surface area (Å²) in [6.45, 7) is 9.38. The summed E-state index contributed by atoms with van der Waals surface area (Å²) in [6.07, 6.45) is 1.38. The number of hydrogen-bond acceptors (Lipinski definition) is 0. The quantitative estimate of drug-likeness (QED) is 0.694. The second-order valence-electron chi connectivity index (χ2n) is 2.67. The SMILES string of the molecule is CCC(C)[Si](CC)CC.[La]. The zero-order valence-corrected chi connectivity index (χ0v) is 12.4. The van der Waals surface area contributed by atoms with Gasteiger partial charge in [-0.05, 0) is 0 Å². The van der Waals surface area contributed by atoms with Crippen molar-refractivity contribution in [3.63, 3.8) is 0 Å². The fourth-order valence-corrected chi connectivity index (χ4v) is 3.71. The molecule has 0 aliphatic heterocycles. The summed E-state index contributed by atoms with van der Waals surface area (Å²) in [7, 11) is 0.0481. The first kappa shape index (κ1) is 14.0. The van der Waals surface area contributed by atoms with Gasteiger partial charge in [-0.3, -0.25) is 0 Å². The fraction of sp³-hybridized carbons (Fsp3) is 1.00. The Labute approximate surface area is 95.4 Å². The molecule has 0 bridgehead atoms. The summed E-state index contributed by atoms with van der Waals surface area (Å²) < 4.78 is 0.